The molecule has 1 aromatic carbocycles. The Morgan fingerprint density at radius 1 is 1.31 bits per heavy atom. The van der Waals surface area contributed by atoms with Crippen LogP contribution < -0.4 is 10.1 Å². The Balaban J connectivity index is 1.42. The summed E-state index contributed by atoms with van der Waals surface area (Å²) in [5, 5.41) is 6.47. The van der Waals surface area contributed by atoms with Crippen molar-refractivity contribution in [3.8, 4) is 17.1 Å². The van der Waals surface area contributed by atoms with Crippen LogP contribution in [0.5, 0.6) is 5.75 Å². The molecule has 0 unspecified atom stereocenters. The number of anilines is 1. The molecule has 0 fully saturated rings. The van der Waals surface area contributed by atoms with Crippen LogP contribution in [0.2, 0.25) is 0 Å². The third-order valence-corrected chi connectivity index (χ3v) is 3.56. The first-order valence-corrected chi connectivity index (χ1v) is 7.66. The third kappa shape index (κ3) is 3.22. The van der Waals surface area contributed by atoms with Crippen LogP contribution in [-0.4, -0.2) is 33.6 Å². The zero-order chi connectivity index (χ0) is 17.9. The molecule has 26 heavy (non-hydrogen) atoms. The number of benzene rings is 1. The Bertz CT molecular complexity index is 970. The maximum Gasteiger partial charge on any atom is 0.338 e. The third-order valence-electron chi connectivity index (χ3n) is 3.56. The van der Waals surface area contributed by atoms with E-state index in [9.17, 15) is 9.59 Å². The van der Waals surface area contributed by atoms with Gasteiger partial charge < -0.3 is 19.3 Å². The number of rotatable bonds is 4. The summed E-state index contributed by atoms with van der Waals surface area (Å²) in [5.74, 6) is 0.125. The highest BCUT2D eigenvalue weighted by Crippen LogP contribution is 2.28. The first kappa shape index (κ1) is 15.8. The summed E-state index contributed by atoms with van der Waals surface area (Å²) in [6.45, 7) is -0.259. The molecule has 2 aromatic heterocycles. The van der Waals surface area contributed by atoms with E-state index in [1.165, 1.54) is 12.1 Å². The van der Waals surface area contributed by atoms with Crippen LogP contribution in [0.4, 0.5) is 5.69 Å². The Kier molecular flexibility index (Phi) is 4.02. The predicted octanol–water partition coefficient (Wildman–Crippen LogP) is 1.82. The highest BCUT2D eigenvalue weighted by atomic mass is 16.6. The highest BCUT2D eigenvalue weighted by molar-refractivity contribution is 5.97. The molecular weight excluding hydrogens is 340 g/mol. The monoisotopic (exact) mass is 352 g/mol. The molecule has 1 N–H and O–H groups in total. The second kappa shape index (κ2) is 6.63. The van der Waals surface area contributed by atoms with Crippen molar-refractivity contribution in [1.82, 2.24) is 15.1 Å². The lowest BCUT2D eigenvalue weighted by atomic mass is 10.1. The minimum atomic E-state index is -0.575. The van der Waals surface area contributed by atoms with Gasteiger partial charge in [0.15, 0.2) is 13.2 Å². The minimum Gasteiger partial charge on any atom is -0.482 e. The van der Waals surface area contributed by atoms with E-state index in [4.69, 9.17) is 14.0 Å². The van der Waals surface area contributed by atoms with E-state index in [-0.39, 0.29) is 30.6 Å². The number of esters is 1. The van der Waals surface area contributed by atoms with Gasteiger partial charge in [-0.05, 0) is 30.3 Å². The van der Waals surface area contributed by atoms with Gasteiger partial charge in [-0.15, -0.1) is 0 Å². The Morgan fingerprint density at radius 3 is 3.08 bits per heavy atom. The van der Waals surface area contributed by atoms with Gasteiger partial charge in [-0.1, -0.05) is 5.16 Å². The second-order valence-electron chi connectivity index (χ2n) is 5.38. The fourth-order valence-electron chi connectivity index (χ4n) is 2.34. The number of hydrogen-bond donors (Lipinski definition) is 1. The maximum atomic E-state index is 12.2. The van der Waals surface area contributed by atoms with Gasteiger partial charge in [-0.25, -0.2) is 4.79 Å². The number of pyridine rings is 1. The number of carbonyl (C=O) groups is 2. The van der Waals surface area contributed by atoms with Gasteiger partial charge in [0.1, 0.15) is 5.75 Å². The van der Waals surface area contributed by atoms with Crippen molar-refractivity contribution in [2.75, 3.05) is 11.9 Å². The number of aromatic nitrogens is 3. The smallest absolute Gasteiger partial charge is 0.338 e. The van der Waals surface area contributed by atoms with Gasteiger partial charge in [-0.3, -0.25) is 9.78 Å². The summed E-state index contributed by atoms with van der Waals surface area (Å²) in [7, 11) is 0. The van der Waals surface area contributed by atoms with E-state index in [0.717, 1.165) is 0 Å². The Hall–Kier alpha value is -3.75. The fourth-order valence-corrected chi connectivity index (χ4v) is 2.34. The van der Waals surface area contributed by atoms with Crippen LogP contribution in [0.3, 0.4) is 0 Å². The molecule has 1 aliphatic rings. The lowest BCUT2D eigenvalue weighted by molar-refractivity contribution is -0.118. The van der Waals surface area contributed by atoms with E-state index < -0.39 is 5.97 Å². The zero-order valence-corrected chi connectivity index (χ0v) is 13.3. The van der Waals surface area contributed by atoms with Crippen molar-refractivity contribution in [1.29, 1.82) is 0 Å². The molecule has 0 radical (unpaired) electrons. The van der Waals surface area contributed by atoms with Crippen LogP contribution in [0.15, 0.2) is 47.2 Å². The van der Waals surface area contributed by atoms with Crippen LogP contribution in [0.25, 0.3) is 11.4 Å². The predicted molar refractivity (Wildman–Crippen MR) is 87.2 cm³/mol. The van der Waals surface area contributed by atoms with Crippen molar-refractivity contribution in [3.05, 3.63) is 54.2 Å². The first-order chi connectivity index (χ1) is 12.7. The van der Waals surface area contributed by atoms with Gasteiger partial charge in [0.2, 0.25) is 5.82 Å². The molecule has 0 spiro atoms. The van der Waals surface area contributed by atoms with E-state index >= 15 is 0 Å². The van der Waals surface area contributed by atoms with Crippen LogP contribution in [0.1, 0.15) is 16.2 Å². The van der Waals surface area contributed by atoms with E-state index in [2.05, 4.69) is 20.4 Å². The van der Waals surface area contributed by atoms with Gasteiger partial charge in [0.05, 0.1) is 11.3 Å². The molecule has 0 atom stereocenters. The lowest BCUT2D eigenvalue weighted by Gasteiger charge is -2.18. The number of fused-ring (bicyclic) bond motifs is 1. The molecule has 9 heteroatoms. The summed E-state index contributed by atoms with van der Waals surface area (Å²) in [5.41, 5.74) is 1.49. The summed E-state index contributed by atoms with van der Waals surface area (Å²) in [6, 6.07) is 8.17. The molecular formula is C17H12N4O5. The summed E-state index contributed by atoms with van der Waals surface area (Å²) < 4.78 is 15.5. The van der Waals surface area contributed by atoms with Gasteiger partial charge >= 0.3 is 5.97 Å². The van der Waals surface area contributed by atoms with E-state index in [1.807, 2.05) is 0 Å². The number of carbonyl (C=O) groups excluding carboxylic acids is 2. The van der Waals surface area contributed by atoms with Gasteiger partial charge in [0, 0.05) is 18.0 Å². The molecule has 0 saturated heterocycles. The Morgan fingerprint density at radius 2 is 2.23 bits per heavy atom. The van der Waals surface area contributed by atoms with Crippen molar-refractivity contribution in [2.24, 2.45) is 0 Å². The molecule has 0 bridgehead atoms. The quantitative estimate of drug-likeness (QED) is 0.707. The number of ether oxygens (including phenoxy) is 2. The summed E-state index contributed by atoms with van der Waals surface area (Å²) >= 11 is 0. The number of nitrogens with one attached hydrogen (secondary N) is 1. The van der Waals surface area contributed by atoms with Gasteiger partial charge in [-0.2, -0.15) is 4.98 Å². The molecule has 4 rings (SSSR count). The van der Waals surface area contributed by atoms with E-state index in [1.54, 1.807) is 30.6 Å². The molecule has 3 heterocycles. The molecule has 1 aliphatic heterocycles. The average Bonchev–Trinajstić information content (AvgIpc) is 3.15. The first-order valence-electron chi connectivity index (χ1n) is 7.66. The topological polar surface area (TPSA) is 116 Å². The lowest BCUT2D eigenvalue weighted by Crippen LogP contribution is -2.25. The molecule has 3 aromatic rings. The second-order valence-corrected chi connectivity index (χ2v) is 5.38. The van der Waals surface area contributed by atoms with Crippen molar-refractivity contribution < 1.29 is 23.6 Å². The zero-order valence-electron chi connectivity index (χ0n) is 13.3. The largest absolute Gasteiger partial charge is 0.482 e. The SMILES string of the molecule is O=C1COc2cc(C(=O)OCc3nc(-c4cccnc4)no3)ccc2N1. The van der Waals surface area contributed by atoms with Crippen LogP contribution in [0, 0.1) is 0 Å². The summed E-state index contributed by atoms with van der Waals surface area (Å²) in [4.78, 5) is 31.6. The minimum absolute atomic E-state index is 0.0927. The number of hydrogen-bond acceptors (Lipinski definition) is 8. The average molecular weight is 352 g/mol. The fraction of sp³-hybridized carbons (Fsp3) is 0.118. The van der Waals surface area contributed by atoms with Crippen LogP contribution in [-0.2, 0) is 16.1 Å². The molecule has 1 amide bonds. The van der Waals surface area contributed by atoms with Crippen molar-refractivity contribution in [3.63, 3.8) is 0 Å². The normalized spacial score (nSPS) is 12.7. The molecule has 0 aliphatic carbocycles. The van der Waals surface area contributed by atoms with Crippen molar-refractivity contribution >= 4 is 17.6 Å². The van der Waals surface area contributed by atoms with Crippen molar-refractivity contribution in [2.45, 2.75) is 6.61 Å². The number of amides is 1. The van der Waals surface area contributed by atoms with E-state index in [0.29, 0.717) is 22.8 Å². The molecule has 0 saturated carbocycles. The summed E-state index contributed by atoms with van der Waals surface area (Å²) in [6.07, 6.45) is 3.24. The van der Waals surface area contributed by atoms with Gasteiger partial charge in [0.25, 0.3) is 11.8 Å². The Labute approximate surface area is 147 Å². The highest BCUT2D eigenvalue weighted by Gasteiger charge is 2.19. The number of nitrogens with zero attached hydrogens (tertiary/aromatic N) is 3. The molecule has 130 valence electrons. The maximum absolute atomic E-state index is 12.2. The van der Waals surface area contributed by atoms with Crippen LogP contribution >= 0.6 is 0 Å². The molecule has 9 nitrogen and oxygen atoms in total. The standard InChI is InChI=1S/C17H12N4O5/c22-14-8-24-13-6-10(3-4-12(13)19-14)17(23)25-9-15-20-16(21-26-15)11-2-1-5-18-7-11/h1-7H,8-9H2,(H,19,22).